The van der Waals surface area contributed by atoms with Crippen LogP contribution in [0.15, 0.2) is 28.8 Å². The fourth-order valence-corrected chi connectivity index (χ4v) is 2.81. The van der Waals surface area contributed by atoms with Gasteiger partial charge in [0.1, 0.15) is 17.4 Å². The van der Waals surface area contributed by atoms with Gasteiger partial charge in [-0.15, -0.1) is 0 Å². The van der Waals surface area contributed by atoms with Gasteiger partial charge in [-0.05, 0) is 19.1 Å². The van der Waals surface area contributed by atoms with Gasteiger partial charge in [0, 0.05) is 44.9 Å². The molecule has 0 atom stereocenters. The summed E-state index contributed by atoms with van der Waals surface area (Å²) >= 11 is 0. The van der Waals surface area contributed by atoms with E-state index in [-0.39, 0.29) is 18.1 Å². The number of anilines is 1. The van der Waals surface area contributed by atoms with E-state index >= 15 is 0 Å². The summed E-state index contributed by atoms with van der Waals surface area (Å²) in [5, 5.41) is 6.46. The molecule has 1 N–H and O–H groups in total. The monoisotopic (exact) mass is 350 g/mol. The van der Waals surface area contributed by atoms with Crippen molar-refractivity contribution in [3.05, 3.63) is 47.4 Å². The first-order valence-corrected chi connectivity index (χ1v) is 8.11. The van der Waals surface area contributed by atoms with E-state index in [2.05, 4.69) is 15.4 Å². The van der Waals surface area contributed by atoms with Crippen LogP contribution in [-0.2, 0) is 11.3 Å². The molecule has 8 heteroatoms. The number of aryl methyl sites for hydroxylation is 1. The Balaban J connectivity index is 1.44. The molecule has 0 radical (unpaired) electrons. The van der Waals surface area contributed by atoms with Crippen molar-refractivity contribution in [3.63, 3.8) is 0 Å². The predicted octanol–water partition coefficient (Wildman–Crippen LogP) is 2.02. The van der Waals surface area contributed by atoms with Crippen LogP contribution in [0.4, 0.5) is 14.5 Å². The van der Waals surface area contributed by atoms with Gasteiger partial charge in [0.15, 0.2) is 0 Å². The average molecular weight is 350 g/mol. The molecular weight excluding hydrogens is 330 g/mol. The number of piperazine rings is 1. The number of halogens is 2. The van der Waals surface area contributed by atoms with Gasteiger partial charge < -0.3 is 9.84 Å². The molecule has 6 nitrogen and oxygen atoms in total. The van der Waals surface area contributed by atoms with Crippen molar-refractivity contribution in [3.8, 4) is 0 Å². The smallest absolute Gasteiger partial charge is 0.238 e. The minimum atomic E-state index is -0.777. The second-order valence-electron chi connectivity index (χ2n) is 6.15. The van der Waals surface area contributed by atoms with Gasteiger partial charge in [0.2, 0.25) is 5.91 Å². The van der Waals surface area contributed by atoms with Crippen LogP contribution < -0.4 is 5.32 Å². The van der Waals surface area contributed by atoms with E-state index in [1.165, 1.54) is 6.07 Å². The minimum absolute atomic E-state index is 0.00793. The number of hydrogen-bond acceptors (Lipinski definition) is 5. The quantitative estimate of drug-likeness (QED) is 0.894. The van der Waals surface area contributed by atoms with E-state index < -0.39 is 11.6 Å². The highest BCUT2D eigenvalue weighted by Gasteiger charge is 2.20. The van der Waals surface area contributed by atoms with Crippen molar-refractivity contribution in [2.24, 2.45) is 0 Å². The molecule has 2 heterocycles. The Morgan fingerprint density at radius 2 is 1.92 bits per heavy atom. The van der Waals surface area contributed by atoms with Crippen LogP contribution in [0, 0.1) is 18.6 Å². The number of nitrogens with one attached hydrogen (secondary N) is 1. The maximum Gasteiger partial charge on any atom is 0.238 e. The largest absolute Gasteiger partial charge is 0.361 e. The van der Waals surface area contributed by atoms with E-state index in [0.29, 0.717) is 0 Å². The topological polar surface area (TPSA) is 61.6 Å². The molecule has 1 fully saturated rings. The number of benzene rings is 1. The lowest BCUT2D eigenvalue weighted by Crippen LogP contribution is -2.48. The van der Waals surface area contributed by atoms with Gasteiger partial charge in [-0.25, -0.2) is 8.78 Å². The first-order chi connectivity index (χ1) is 12.0. The summed E-state index contributed by atoms with van der Waals surface area (Å²) in [7, 11) is 0. The summed E-state index contributed by atoms with van der Waals surface area (Å²) in [5.41, 5.74) is 0.891. The minimum Gasteiger partial charge on any atom is -0.361 e. The Morgan fingerprint density at radius 3 is 2.56 bits per heavy atom. The van der Waals surface area contributed by atoms with E-state index in [1.54, 1.807) is 0 Å². The molecule has 1 aromatic heterocycles. The van der Waals surface area contributed by atoms with Gasteiger partial charge >= 0.3 is 0 Å². The van der Waals surface area contributed by atoms with Crippen molar-refractivity contribution < 1.29 is 18.1 Å². The van der Waals surface area contributed by atoms with Gasteiger partial charge in [-0.2, -0.15) is 0 Å². The molecule has 25 heavy (non-hydrogen) atoms. The van der Waals surface area contributed by atoms with Crippen LogP contribution >= 0.6 is 0 Å². The van der Waals surface area contributed by atoms with E-state index in [4.69, 9.17) is 4.52 Å². The Hall–Kier alpha value is -2.32. The molecule has 1 aliphatic heterocycles. The molecule has 1 saturated heterocycles. The van der Waals surface area contributed by atoms with Crippen LogP contribution in [0.1, 0.15) is 11.5 Å². The van der Waals surface area contributed by atoms with Crippen molar-refractivity contribution in [1.29, 1.82) is 0 Å². The Bertz CT molecular complexity index is 742. The Kier molecular flexibility index (Phi) is 5.40. The molecule has 1 aromatic carbocycles. The third-order valence-corrected chi connectivity index (χ3v) is 4.10. The summed E-state index contributed by atoms with van der Waals surface area (Å²) in [5.74, 6) is -0.973. The molecule has 0 unspecified atom stereocenters. The highest BCUT2D eigenvalue weighted by Crippen LogP contribution is 2.15. The second-order valence-corrected chi connectivity index (χ2v) is 6.15. The first-order valence-electron chi connectivity index (χ1n) is 8.11. The highest BCUT2D eigenvalue weighted by atomic mass is 19.1. The van der Waals surface area contributed by atoms with Crippen LogP contribution in [-0.4, -0.2) is 53.6 Å². The van der Waals surface area contributed by atoms with Crippen molar-refractivity contribution in [2.45, 2.75) is 13.5 Å². The molecule has 0 saturated carbocycles. The number of aromatic nitrogens is 1. The zero-order valence-electron chi connectivity index (χ0n) is 14.0. The predicted molar refractivity (Wildman–Crippen MR) is 87.9 cm³/mol. The zero-order valence-corrected chi connectivity index (χ0v) is 14.0. The van der Waals surface area contributed by atoms with Crippen LogP contribution in [0.5, 0.6) is 0 Å². The Labute approximate surface area is 144 Å². The number of nitrogens with zero attached hydrogens (tertiary/aromatic N) is 3. The summed E-state index contributed by atoms with van der Waals surface area (Å²) < 4.78 is 31.5. The SMILES string of the molecule is Cc1cc(CN2CCN(CC(=O)Nc3ccc(F)cc3F)CC2)no1. The summed E-state index contributed by atoms with van der Waals surface area (Å²) in [4.78, 5) is 16.3. The third kappa shape index (κ3) is 4.83. The van der Waals surface area contributed by atoms with Crippen LogP contribution in [0.25, 0.3) is 0 Å². The molecule has 1 amide bonds. The van der Waals surface area contributed by atoms with E-state index in [0.717, 1.165) is 56.3 Å². The van der Waals surface area contributed by atoms with Gasteiger partial charge in [0.05, 0.1) is 17.9 Å². The number of carbonyl (C=O) groups excluding carboxylic acids is 1. The van der Waals surface area contributed by atoms with Gasteiger partial charge in [0.25, 0.3) is 0 Å². The highest BCUT2D eigenvalue weighted by molar-refractivity contribution is 5.92. The maximum atomic E-state index is 13.6. The third-order valence-electron chi connectivity index (χ3n) is 4.10. The standard InChI is InChI=1S/C17H20F2N4O2/c1-12-8-14(21-25-12)10-22-4-6-23(7-5-22)11-17(24)20-16-3-2-13(18)9-15(16)19/h2-3,8-9H,4-7,10-11H2,1H3,(H,20,24). The fourth-order valence-electron chi connectivity index (χ4n) is 2.81. The fraction of sp³-hybridized carbons (Fsp3) is 0.412. The average Bonchev–Trinajstić information content (AvgIpc) is 2.97. The molecule has 2 aromatic rings. The van der Waals surface area contributed by atoms with E-state index in [1.807, 2.05) is 17.9 Å². The van der Waals surface area contributed by atoms with Crippen molar-refractivity contribution >= 4 is 11.6 Å². The number of amides is 1. The van der Waals surface area contributed by atoms with E-state index in [9.17, 15) is 13.6 Å². The normalized spacial score (nSPS) is 16.1. The lowest BCUT2D eigenvalue weighted by atomic mass is 10.2. The molecule has 3 rings (SSSR count). The first kappa shape index (κ1) is 17.5. The molecule has 0 bridgehead atoms. The number of rotatable bonds is 5. The van der Waals surface area contributed by atoms with Crippen molar-refractivity contribution in [2.75, 3.05) is 38.0 Å². The number of carbonyl (C=O) groups is 1. The van der Waals surface area contributed by atoms with Crippen LogP contribution in [0.3, 0.4) is 0 Å². The summed E-state index contributed by atoms with van der Waals surface area (Å²) in [6.45, 7) is 5.84. The molecular formula is C17H20F2N4O2. The van der Waals surface area contributed by atoms with Crippen LogP contribution in [0.2, 0.25) is 0 Å². The Morgan fingerprint density at radius 1 is 1.20 bits per heavy atom. The lowest BCUT2D eigenvalue weighted by molar-refractivity contribution is -0.117. The molecule has 0 aliphatic carbocycles. The maximum absolute atomic E-state index is 13.6. The lowest BCUT2D eigenvalue weighted by Gasteiger charge is -2.33. The summed E-state index contributed by atoms with van der Waals surface area (Å²) in [6, 6.07) is 5.00. The second kappa shape index (κ2) is 7.71. The molecule has 0 spiro atoms. The van der Waals surface area contributed by atoms with Gasteiger partial charge in [-0.1, -0.05) is 5.16 Å². The number of hydrogen-bond donors (Lipinski definition) is 1. The molecule has 134 valence electrons. The van der Waals surface area contributed by atoms with Gasteiger partial charge in [-0.3, -0.25) is 14.6 Å². The van der Waals surface area contributed by atoms with Crippen molar-refractivity contribution in [1.82, 2.24) is 15.0 Å². The molecule has 1 aliphatic rings. The zero-order chi connectivity index (χ0) is 17.8. The summed E-state index contributed by atoms with van der Waals surface area (Å²) in [6.07, 6.45) is 0.